The van der Waals surface area contributed by atoms with Gasteiger partial charge in [0.15, 0.2) is 6.61 Å². The van der Waals surface area contributed by atoms with Crippen molar-refractivity contribution in [3.05, 3.63) is 101 Å². The largest absolute Gasteiger partial charge is 0.484 e. The summed E-state index contributed by atoms with van der Waals surface area (Å²) < 4.78 is 7.86. The normalized spacial score (nSPS) is 11.2. The van der Waals surface area contributed by atoms with Crippen LogP contribution in [-0.4, -0.2) is 23.3 Å². The fraction of sp³-hybridized carbons (Fsp3) is 0.185. The predicted molar refractivity (Wildman–Crippen MR) is 129 cm³/mol. The molecule has 0 atom stereocenters. The molecule has 4 aromatic rings. The minimum Gasteiger partial charge on any atom is -0.484 e. The number of aromatic nitrogens is 1. The Balaban J connectivity index is 1.47. The third-order valence-electron chi connectivity index (χ3n) is 5.69. The molecule has 3 aromatic carbocycles. The number of ether oxygens (including phenoxy) is 1. The van der Waals surface area contributed by atoms with Crippen LogP contribution >= 0.6 is 0 Å². The number of hydrazone groups is 1. The van der Waals surface area contributed by atoms with Crippen LogP contribution in [0.15, 0.2) is 77.9 Å². The highest BCUT2D eigenvalue weighted by Gasteiger charge is 2.13. The molecule has 0 aliphatic heterocycles. The third kappa shape index (κ3) is 4.72. The minimum atomic E-state index is -0.301. The van der Waals surface area contributed by atoms with E-state index in [0.717, 1.165) is 34.3 Å². The Kier molecular flexibility index (Phi) is 6.36. The Morgan fingerprint density at radius 3 is 2.50 bits per heavy atom. The number of aryl methyl sites for hydroxylation is 2. The van der Waals surface area contributed by atoms with Crippen molar-refractivity contribution >= 4 is 23.0 Å². The summed E-state index contributed by atoms with van der Waals surface area (Å²) in [7, 11) is 0. The molecular weight excluding hydrogens is 398 g/mol. The van der Waals surface area contributed by atoms with Gasteiger partial charge >= 0.3 is 0 Å². The molecule has 0 aliphatic rings. The first-order chi connectivity index (χ1) is 15.5. The number of para-hydroxylation sites is 1. The minimum absolute atomic E-state index is 0.0887. The number of rotatable bonds is 7. The van der Waals surface area contributed by atoms with E-state index in [1.807, 2.05) is 62.4 Å². The summed E-state index contributed by atoms with van der Waals surface area (Å²) in [6.07, 6.45) is 1.72. The molecule has 1 amide bonds. The molecule has 1 N–H and O–H groups in total. The van der Waals surface area contributed by atoms with Crippen molar-refractivity contribution in [2.24, 2.45) is 5.10 Å². The second-order valence-electron chi connectivity index (χ2n) is 7.92. The number of nitrogens with one attached hydrogen (secondary N) is 1. The van der Waals surface area contributed by atoms with Crippen molar-refractivity contribution < 1.29 is 9.53 Å². The van der Waals surface area contributed by atoms with Crippen molar-refractivity contribution in [3.63, 3.8) is 0 Å². The van der Waals surface area contributed by atoms with Gasteiger partial charge in [0, 0.05) is 28.7 Å². The smallest absolute Gasteiger partial charge is 0.277 e. The molecule has 5 heteroatoms. The van der Waals surface area contributed by atoms with E-state index in [0.29, 0.717) is 5.75 Å². The number of carbonyl (C=O) groups is 1. The molecule has 162 valence electrons. The third-order valence-corrected chi connectivity index (χ3v) is 5.69. The molecule has 1 heterocycles. The van der Waals surface area contributed by atoms with E-state index in [1.165, 1.54) is 11.1 Å². The topological polar surface area (TPSA) is 55.6 Å². The molecular formula is C27H27N3O2. The van der Waals surface area contributed by atoms with Gasteiger partial charge in [0.05, 0.1) is 6.21 Å². The fourth-order valence-corrected chi connectivity index (χ4v) is 3.74. The quantitative estimate of drug-likeness (QED) is 0.329. The van der Waals surface area contributed by atoms with E-state index in [4.69, 9.17) is 4.74 Å². The van der Waals surface area contributed by atoms with E-state index in [1.54, 1.807) is 6.21 Å². The summed E-state index contributed by atoms with van der Waals surface area (Å²) in [6.45, 7) is 6.82. The van der Waals surface area contributed by atoms with Crippen molar-refractivity contribution in [1.82, 2.24) is 9.99 Å². The second-order valence-corrected chi connectivity index (χ2v) is 7.92. The maximum absolute atomic E-state index is 12.2. The zero-order chi connectivity index (χ0) is 22.5. The number of carbonyl (C=O) groups excluding carboxylic acids is 1. The van der Waals surface area contributed by atoms with Crippen LogP contribution in [0, 0.1) is 20.8 Å². The number of hydrogen-bond donors (Lipinski definition) is 1. The highest BCUT2D eigenvalue weighted by atomic mass is 16.5. The molecule has 0 saturated carbocycles. The van der Waals surface area contributed by atoms with Crippen molar-refractivity contribution in [1.29, 1.82) is 0 Å². The van der Waals surface area contributed by atoms with E-state index < -0.39 is 0 Å². The van der Waals surface area contributed by atoms with Crippen LogP contribution in [0.5, 0.6) is 5.75 Å². The summed E-state index contributed by atoms with van der Waals surface area (Å²) in [6, 6.07) is 24.4. The van der Waals surface area contributed by atoms with Crippen molar-refractivity contribution in [3.8, 4) is 5.75 Å². The van der Waals surface area contributed by atoms with Gasteiger partial charge in [-0.05, 0) is 55.7 Å². The van der Waals surface area contributed by atoms with E-state index in [2.05, 4.69) is 46.3 Å². The zero-order valence-electron chi connectivity index (χ0n) is 18.6. The molecule has 4 rings (SSSR count). The van der Waals surface area contributed by atoms with Gasteiger partial charge in [-0.15, -0.1) is 0 Å². The second kappa shape index (κ2) is 9.52. The highest BCUT2D eigenvalue weighted by molar-refractivity contribution is 6.01. The first-order valence-corrected chi connectivity index (χ1v) is 10.7. The maximum Gasteiger partial charge on any atom is 0.277 e. The Morgan fingerprint density at radius 1 is 0.969 bits per heavy atom. The first kappa shape index (κ1) is 21.4. The van der Waals surface area contributed by atoms with Gasteiger partial charge in [0.1, 0.15) is 5.75 Å². The Morgan fingerprint density at radius 2 is 1.72 bits per heavy atom. The number of nitrogens with zero attached hydrogens (tertiary/aromatic N) is 2. The number of amides is 1. The van der Waals surface area contributed by atoms with Crippen LogP contribution in [0.25, 0.3) is 10.9 Å². The van der Waals surface area contributed by atoms with Crippen LogP contribution in [0.4, 0.5) is 0 Å². The Bertz CT molecular complexity index is 1270. The molecule has 0 spiro atoms. The summed E-state index contributed by atoms with van der Waals surface area (Å²) in [5.74, 6) is 0.372. The molecule has 0 unspecified atom stereocenters. The molecule has 0 aliphatic carbocycles. The lowest BCUT2D eigenvalue weighted by atomic mass is 10.1. The molecule has 5 nitrogen and oxygen atoms in total. The van der Waals surface area contributed by atoms with Gasteiger partial charge in [-0.25, -0.2) is 5.43 Å². The molecule has 0 fully saturated rings. The standard InChI is InChI=1S/C27H27N3O2/c1-19-13-14-23(15-20(19)2)32-18-27(31)29-28-16-25-21(3)30(17-22-9-5-4-6-10-22)26-12-8-7-11-24(25)26/h4-16H,17-18H2,1-3H3,(H,29,31). The molecule has 0 saturated heterocycles. The van der Waals surface area contributed by atoms with Crippen LogP contribution in [0.2, 0.25) is 0 Å². The Labute approximate surface area is 188 Å². The van der Waals surface area contributed by atoms with Crippen LogP contribution < -0.4 is 10.2 Å². The number of hydrogen-bond acceptors (Lipinski definition) is 3. The fourth-order valence-electron chi connectivity index (χ4n) is 3.74. The lowest BCUT2D eigenvalue weighted by molar-refractivity contribution is -0.123. The molecule has 0 radical (unpaired) electrons. The van der Waals surface area contributed by atoms with Crippen molar-refractivity contribution in [2.75, 3.05) is 6.61 Å². The van der Waals surface area contributed by atoms with Crippen molar-refractivity contribution in [2.45, 2.75) is 27.3 Å². The van der Waals surface area contributed by atoms with Gasteiger partial charge in [-0.1, -0.05) is 54.6 Å². The number of fused-ring (bicyclic) bond motifs is 1. The van der Waals surface area contributed by atoms with E-state index in [-0.39, 0.29) is 12.5 Å². The van der Waals surface area contributed by atoms with E-state index in [9.17, 15) is 4.79 Å². The average Bonchev–Trinajstić information content (AvgIpc) is 3.06. The van der Waals surface area contributed by atoms with Gasteiger partial charge in [0.25, 0.3) is 5.91 Å². The van der Waals surface area contributed by atoms with Crippen LogP contribution in [0.1, 0.15) is 27.9 Å². The van der Waals surface area contributed by atoms with Gasteiger partial charge in [0.2, 0.25) is 0 Å². The van der Waals surface area contributed by atoms with E-state index >= 15 is 0 Å². The highest BCUT2D eigenvalue weighted by Crippen LogP contribution is 2.25. The summed E-state index contributed by atoms with van der Waals surface area (Å²) in [5.41, 5.74) is 9.35. The van der Waals surface area contributed by atoms with Gasteiger partial charge < -0.3 is 9.30 Å². The monoisotopic (exact) mass is 425 g/mol. The summed E-state index contributed by atoms with van der Waals surface area (Å²) in [4.78, 5) is 12.2. The van der Waals surface area contributed by atoms with Gasteiger partial charge in [-0.3, -0.25) is 4.79 Å². The average molecular weight is 426 g/mol. The summed E-state index contributed by atoms with van der Waals surface area (Å²) >= 11 is 0. The number of benzene rings is 3. The molecule has 32 heavy (non-hydrogen) atoms. The SMILES string of the molecule is Cc1ccc(OCC(=O)NN=Cc2c(C)n(Cc3ccccc3)c3ccccc23)cc1C. The maximum atomic E-state index is 12.2. The first-order valence-electron chi connectivity index (χ1n) is 10.7. The Hall–Kier alpha value is -3.86. The lowest BCUT2D eigenvalue weighted by Gasteiger charge is -2.08. The molecule has 1 aromatic heterocycles. The van der Waals surface area contributed by atoms with Crippen LogP contribution in [0.3, 0.4) is 0 Å². The lowest BCUT2D eigenvalue weighted by Crippen LogP contribution is -2.24. The van der Waals surface area contributed by atoms with Crippen LogP contribution in [-0.2, 0) is 11.3 Å². The molecule has 0 bridgehead atoms. The predicted octanol–water partition coefficient (Wildman–Crippen LogP) is 5.14. The zero-order valence-corrected chi connectivity index (χ0v) is 18.6. The van der Waals surface area contributed by atoms with Gasteiger partial charge in [-0.2, -0.15) is 5.10 Å². The summed E-state index contributed by atoms with van der Waals surface area (Å²) in [5, 5.41) is 5.30.